The van der Waals surface area contributed by atoms with E-state index in [-0.39, 0.29) is 6.04 Å². The van der Waals surface area contributed by atoms with Crippen LogP contribution in [0.3, 0.4) is 0 Å². The zero-order valence-corrected chi connectivity index (χ0v) is 11.9. The van der Waals surface area contributed by atoms with Gasteiger partial charge in [0.15, 0.2) is 0 Å². The summed E-state index contributed by atoms with van der Waals surface area (Å²) in [6.07, 6.45) is 7.52. The molecule has 2 aromatic heterocycles. The van der Waals surface area contributed by atoms with Gasteiger partial charge in [0.25, 0.3) is 0 Å². The summed E-state index contributed by atoms with van der Waals surface area (Å²) in [5.41, 5.74) is 9.60. The monoisotopic (exact) mass is 258 g/mol. The zero-order chi connectivity index (χ0) is 13.8. The van der Waals surface area contributed by atoms with E-state index < -0.39 is 0 Å². The van der Waals surface area contributed by atoms with Crippen molar-refractivity contribution in [1.29, 1.82) is 0 Å². The van der Waals surface area contributed by atoms with Gasteiger partial charge >= 0.3 is 0 Å². The van der Waals surface area contributed by atoms with Crippen molar-refractivity contribution in [2.45, 2.75) is 45.7 Å². The fourth-order valence-corrected chi connectivity index (χ4v) is 2.15. The van der Waals surface area contributed by atoms with Crippen molar-refractivity contribution in [3.8, 4) is 0 Å². The van der Waals surface area contributed by atoms with Gasteiger partial charge in [-0.3, -0.25) is 9.67 Å². The second-order valence-electron chi connectivity index (χ2n) is 5.09. The highest BCUT2D eigenvalue weighted by atomic mass is 15.3. The summed E-state index contributed by atoms with van der Waals surface area (Å²) in [7, 11) is 0. The molecule has 2 atom stereocenters. The summed E-state index contributed by atoms with van der Waals surface area (Å²) in [5.74, 6) is 0. The molecule has 19 heavy (non-hydrogen) atoms. The van der Waals surface area contributed by atoms with Crippen LogP contribution >= 0.6 is 0 Å². The molecule has 2 N–H and O–H groups in total. The van der Waals surface area contributed by atoms with E-state index in [2.05, 4.69) is 30.0 Å². The van der Waals surface area contributed by atoms with Crippen LogP contribution in [0.4, 0.5) is 0 Å². The number of aryl methyl sites for hydroxylation is 1. The van der Waals surface area contributed by atoms with Crippen LogP contribution in [0.5, 0.6) is 0 Å². The molecule has 2 unspecified atom stereocenters. The number of nitrogens with zero attached hydrogens (tertiary/aromatic N) is 3. The number of hydrogen-bond donors (Lipinski definition) is 1. The number of pyridine rings is 1. The Labute approximate surface area is 114 Å². The fraction of sp³-hybridized carbons (Fsp3) is 0.467. The minimum absolute atomic E-state index is 0.0247. The lowest BCUT2D eigenvalue weighted by Gasteiger charge is -2.13. The van der Waals surface area contributed by atoms with Gasteiger partial charge in [0.1, 0.15) is 0 Å². The van der Waals surface area contributed by atoms with Gasteiger partial charge in [-0.2, -0.15) is 5.10 Å². The van der Waals surface area contributed by atoms with Crippen LogP contribution in [0, 0.1) is 6.92 Å². The second kappa shape index (κ2) is 5.97. The van der Waals surface area contributed by atoms with Gasteiger partial charge in [-0.15, -0.1) is 0 Å². The molecule has 2 rings (SSSR count). The van der Waals surface area contributed by atoms with Crippen LogP contribution in [0.25, 0.3) is 0 Å². The largest absolute Gasteiger partial charge is 0.324 e. The Morgan fingerprint density at radius 2 is 2.16 bits per heavy atom. The van der Waals surface area contributed by atoms with Crippen LogP contribution in [-0.4, -0.2) is 14.8 Å². The Hall–Kier alpha value is -1.68. The van der Waals surface area contributed by atoms with E-state index >= 15 is 0 Å². The number of aromatic nitrogens is 3. The molecule has 0 spiro atoms. The fourth-order valence-electron chi connectivity index (χ4n) is 2.15. The van der Waals surface area contributed by atoms with E-state index in [0.717, 1.165) is 29.7 Å². The molecule has 0 saturated heterocycles. The van der Waals surface area contributed by atoms with Gasteiger partial charge < -0.3 is 5.73 Å². The topological polar surface area (TPSA) is 56.7 Å². The zero-order valence-electron chi connectivity index (χ0n) is 11.9. The van der Waals surface area contributed by atoms with Crippen LogP contribution in [-0.2, 0) is 6.42 Å². The van der Waals surface area contributed by atoms with Crippen LogP contribution in [0.2, 0.25) is 0 Å². The third kappa shape index (κ3) is 3.20. The maximum absolute atomic E-state index is 6.27. The molecule has 4 heteroatoms. The highest BCUT2D eigenvalue weighted by Crippen LogP contribution is 2.18. The quantitative estimate of drug-likeness (QED) is 0.897. The highest BCUT2D eigenvalue weighted by molar-refractivity contribution is 5.26. The average molecular weight is 258 g/mol. The first-order chi connectivity index (χ1) is 9.11. The van der Waals surface area contributed by atoms with Crippen LogP contribution in [0.1, 0.15) is 49.2 Å². The van der Waals surface area contributed by atoms with Gasteiger partial charge in [-0.1, -0.05) is 6.92 Å². The lowest BCUT2D eigenvalue weighted by molar-refractivity contribution is 0.472. The third-order valence-electron chi connectivity index (χ3n) is 3.60. The summed E-state index contributed by atoms with van der Waals surface area (Å²) in [6, 6.07) is 4.46. The van der Waals surface area contributed by atoms with Crippen molar-refractivity contribution in [3.63, 3.8) is 0 Å². The number of hydrogen-bond acceptors (Lipinski definition) is 3. The molecule has 0 saturated carbocycles. The molecule has 0 amide bonds. The van der Waals surface area contributed by atoms with Crippen molar-refractivity contribution in [1.82, 2.24) is 14.8 Å². The van der Waals surface area contributed by atoms with Gasteiger partial charge in [-0.25, -0.2) is 0 Å². The second-order valence-corrected chi connectivity index (χ2v) is 5.09. The van der Waals surface area contributed by atoms with E-state index in [1.807, 2.05) is 30.1 Å². The first-order valence-electron chi connectivity index (χ1n) is 6.82. The van der Waals surface area contributed by atoms with E-state index in [1.54, 1.807) is 6.20 Å². The van der Waals surface area contributed by atoms with Gasteiger partial charge in [-0.05, 0) is 43.5 Å². The minimum Gasteiger partial charge on any atom is -0.324 e. The van der Waals surface area contributed by atoms with Crippen LogP contribution < -0.4 is 5.73 Å². The van der Waals surface area contributed by atoms with E-state index in [9.17, 15) is 0 Å². The highest BCUT2D eigenvalue weighted by Gasteiger charge is 2.12. The standard InChI is InChI=1S/C15H22N4/c1-4-12(3)19-8-6-13(18-19)9-15(16)14-5-7-17-10-11(14)2/h5-8,10,12,15H,4,9,16H2,1-3H3. The van der Waals surface area contributed by atoms with E-state index in [0.29, 0.717) is 6.04 Å². The predicted molar refractivity (Wildman–Crippen MR) is 76.8 cm³/mol. The molecule has 2 heterocycles. The molecule has 0 fully saturated rings. The van der Waals surface area contributed by atoms with Crippen molar-refractivity contribution in [2.75, 3.05) is 0 Å². The van der Waals surface area contributed by atoms with Crippen molar-refractivity contribution < 1.29 is 0 Å². The average Bonchev–Trinajstić information content (AvgIpc) is 2.86. The summed E-state index contributed by atoms with van der Waals surface area (Å²) in [4.78, 5) is 4.10. The maximum Gasteiger partial charge on any atom is 0.0643 e. The molecule has 0 aliphatic carbocycles. The van der Waals surface area contributed by atoms with E-state index in [4.69, 9.17) is 5.73 Å². The lowest BCUT2D eigenvalue weighted by atomic mass is 10.0. The Morgan fingerprint density at radius 3 is 2.84 bits per heavy atom. The maximum atomic E-state index is 6.27. The first kappa shape index (κ1) is 13.7. The van der Waals surface area contributed by atoms with Crippen LogP contribution in [0.15, 0.2) is 30.7 Å². The molecule has 4 nitrogen and oxygen atoms in total. The third-order valence-corrected chi connectivity index (χ3v) is 3.60. The van der Waals surface area contributed by atoms with Crippen molar-refractivity contribution >= 4 is 0 Å². The molecular formula is C15H22N4. The molecule has 0 bridgehead atoms. The minimum atomic E-state index is -0.0247. The normalized spacial score (nSPS) is 14.3. The number of rotatable bonds is 5. The molecule has 0 radical (unpaired) electrons. The van der Waals surface area contributed by atoms with E-state index in [1.165, 1.54) is 0 Å². The number of nitrogens with two attached hydrogens (primary N) is 1. The molecule has 0 aliphatic heterocycles. The molecule has 0 aromatic carbocycles. The van der Waals surface area contributed by atoms with Gasteiger partial charge in [0, 0.05) is 37.1 Å². The Kier molecular flexibility index (Phi) is 4.32. The predicted octanol–water partition coefficient (Wildman–Crippen LogP) is 2.80. The summed E-state index contributed by atoms with van der Waals surface area (Å²) in [6.45, 7) is 6.38. The summed E-state index contributed by atoms with van der Waals surface area (Å²) < 4.78 is 2.02. The Balaban J connectivity index is 2.09. The smallest absolute Gasteiger partial charge is 0.0643 e. The summed E-state index contributed by atoms with van der Waals surface area (Å²) >= 11 is 0. The van der Waals surface area contributed by atoms with Crippen molar-refractivity contribution in [2.24, 2.45) is 5.73 Å². The van der Waals surface area contributed by atoms with Gasteiger partial charge in [0.2, 0.25) is 0 Å². The molecule has 2 aromatic rings. The lowest BCUT2D eigenvalue weighted by Crippen LogP contribution is -2.15. The summed E-state index contributed by atoms with van der Waals surface area (Å²) in [5, 5.41) is 4.60. The van der Waals surface area contributed by atoms with Crippen molar-refractivity contribution in [3.05, 3.63) is 47.5 Å². The van der Waals surface area contributed by atoms with Gasteiger partial charge in [0.05, 0.1) is 5.69 Å². The Morgan fingerprint density at radius 1 is 1.37 bits per heavy atom. The SMILES string of the molecule is CCC(C)n1ccc(CC(N)c2ccncc2C)n1. The first-order valence-corrected chi connectivity index (χ1v) is 6.82. The molecule has 102 valence electrons. The molecular weight excluding hydrogens is 236 g/mol. The molecule has 0 aliphatic rings. The Bertz CT molecular complexity index is 532.